The number of thioether (sulfide) groups is 1. The smallest absolute Gasteiger partial charge is 0.314 e. The van der Waals surface area contributed by atoms with Crippen LogP contribution in [0.25, 0.3) is 0 Å². The van der Waals surface area contributed by atoms with Gasteiger partial charge in [0.1, 0.15) is 5.75 Å². The summed E-state index contributed by atoms with van der Waals surface area (Å²) in [6.45, 7) is 0. The lowest BCUT2D eigenvalue weighted by Crippen LogP contribution is -2.19. The van der Waals surface area contributed by atoms with Crippen LogP contribution in [0.2, 0.25) is 0 Å². The van der Waals surface area contributed by atoms with Gasteiger partial charge in [-0.05, 0) is 30.5 Å². The average molecular weight is 303 g/mol. The number of benzene rings is 1. The highest BCUT2D eigenvalue weighted by Crippen LogP contribution is 2.30. The van der Waals surface area contributed by atoms with Gasteiger partial charge in [0.05, 0.1) is 17.9 Å². The highest BCUT2D eigenvalue weighted by Gasteiger charge is 2.31. The molecule has 3 rings (SSSR count). The van der Waals surface area contributed by atoms with Crippen LogP contribution >= 0.6 is 11.8 Å². The maximum atomic E-state index is 11.6. The molecule has 7 heteroatoms. The van der Waals surface area contributed by atoms with Gasteiger partial charge in [-0.3, -0.25) is 9.59 Å². The van der Waals surface area contributed by atoms with E-state index in [1.807, 2.05) is 6.07 Å². The molecule has 1 aromatic carbocycles. The van der Waals surface area contributed by atoms with Crippen molar-refractivity contribution >= 4 is 35.0 Å². The van der Waals surface area contributed by atoms with Crippen LogP contribution in [0.5, 0.6) is 5.75 Å². The minimum Gasteiger partial charge on any atom is -0.426 e. The molecule has 0 bridgehead atoms. The number of carbonyl (C=O) groups is 2. The number of ether oxygens (including phenoxy) is 1. The first-order valence-electron chi connectivity index (χ1n) is 6.56. The zero-order valence-corrected chi connectivity index (χ0v) is 11.9. The Balaban J connectivity index is 1.62. The van der Waals surface area contributed by atoms with E-state index in [1.54, 1.807) is 24.4 Å². The third kappa shape index (κ3) is 3.91. The largest absolute Gasteiger partial charge is 0.426 e. The van der Waals surface area contributed by atoms with Gasteiger partial charge in [0.25, 0.3) is 0 Å². The van der Waals surface area contributed by atoms with Crippen molar-refractivity contribution in [2.45, 2.75) is 12.8 Å². The molecule has 1 saturated carbocycles. The average Bonchev–Trinajstić information content (AvgIpc) is 3.23. The van der Waals surface area contributed by atoms with Gasteiger partial charge in [-0.15, -0.1) is 5.10 Å². The van der Waals surface area contributed by atoms with Gasteiger partial charge in [-0.25, -0.2) is 0 Å². The summed E-state index contributed by atoms with van der Waals surface area (Å²) < 4.78 is 5.28. The van der Waals surface area contributed by atoms with E-state index in [9.17, 15) is 9.59 Å². The van der Waals surface area contributed by atoms with Gasteiger partial charge in [0, 0.05) is 0 Å². The lowest BCUT2D eigenvalue weighted by molar-refractivity contribution is -0.135. The van der Waals surface area contributed by atoms with E-state index in [4.69, 9.17) is 4.74 Å². The summed E-state index contributed by atoms with van der Waals surface area (Å²) in [6, 6.07) is 7.08. The topological polar surface area (TPSA) is 80.1 Å². The Hall–Kier alpha value is -2.15. The van der Waals surface area contributed by atoms with Crippen LogP contribution in [0.4, 0.5) is 0 Å². The van der Waals surface area contributed by atoms with Gasteiger partial charge < -0.3 is 10.1 Å². The molecule has 2 fully saturated rings. The van der Waals surface area contributed by atoms with E-state index in [1.165, 1.54) is 11.8 Å². The van der Waals surface area contributed by atoms with Crippen LogP contribution in [-0.4, -0.2) is 29.0 Å². The normalized spacial score (nSPS) is 20.0. The summed E-state index contributed by atoms with van der Waals surface area (Å²) in [6.07, 6.45) is 3.38. The van der Waals surface area contributed by atoms with E-state index in [0.29, 0.717) is 16.7 Å². The van der Waals surface area contributed by atoms with Crippen molar-refractivity contribution in [1.82, 2.24) is 5.32 Å². The molecule has 1 amide bonds. The van der Waals surface area contributed by atoms with Crippen molar-refractivity contribution < 1.29 is 14.3 Å². The number of carbonyl (C=O) groups excluding carboxylic acids is 2. The maximum absolute atomic E-state index is 11.6. The first kappa shape index (κ1) is 13.8. The molecule has 0 spiro atoms. The number of nitrogens with zero attached hydrogens (tertiary/aromatic N) is 2. The predicted molar refractivity (Wildman–Crippen MR) is 80.4 cm³/mol. The Bertz CT molecular complexity index is 638. The third-order valence-electron chi connectivity index (χ3n) is 2.93. The van der Waals surface area contributed by atoms with E-state index in [0.717, 1.165) is 18.4 Å². The van der Waals surface area contributed by atoms with E-state index in [-0.39, 0.29) is 17.8 Å². The minimum absolute atomic E-state index is 0.0664. The molecule has 0 radical (unpaired) electrons. The van der Waals surface area contributed by atoms with Crippen LogP contribution < -0.4 is 10.1 Å². The van der Waals surface area contributed by atoms with Crippen LogP contribution in [0.1, 0.15) is 18.4 Å². The number of rotatable bonds is 4. The molecule has 1 aliphatic heterocycles. The summed E-state index contributed by atoms with van der Waals surface area (Å²) in [5.74, 6) is 0.710. The van der Waals surface area contributed by atoms with Crippen LogP contribution in [0.3, 0.4) is 0 Å². The molecular formula is C14H13N3O3S. The molecule has 108 valence electrons. The van der Waals surface area contributed by atoms with Gasteiger partial charge in [-0.1, -0.05) is 23.9 Å². The standard InChI is InChI=1S/C14H13N3O3S/c18-12-8-21-14(16-12)17-15-7-9-2-1-3-11(6-9)20-13(19)10-4-5-10/h1-3,6-7,10H,4-5,8H2,(H,16,17,18). The maximum Gasteiger partial charge on any atom is 0.314 e. The molecular weight excluding hydrogens is 290 g/mol. The Morgan fingerprint density at radius 2 is 2.29 bits per heavy atom. The quantitative estimate of drug-likeness (QED) is 0.396. The van der Waals surface area contributed by atoms with Crippen LogP contribution in [0, 0.1) is 5.92 Å². The molecule has 21 heavy (non-hydrogen) atoms. The predicted octanol–water partition coefficient (Wildman–Crippen LogP) is 1.55. The second-order valence-corrected chi connectivity index (χ2v) is 5.72. The summed E-state index contributed by atoms with van der Waals surface area (Å²) in [5, 5.41) is 10.9. The zero-order chi connectivity index (χ0) is 14.7. The summed E-state index contributed by atoms with van der Waals surface area (Å²) in [5.41, 5.74) is 0.773. The molecule has 1 heterocycles. The number of nitrogens with one attached hydrogen (secondary N) is 1. The lowest BCUT2D eigenvalue weighted by Gasteiger charge is -2.03. The van der Waals surface area contributed by atoms with Gasteiger partial charge >= 0.3 is 5.97 Å². The third-order valence-corrected chi connectivity index (χ3v) is 3.79. The second-order valence-electron chi connectivity index (χ2n) is 4.75. The van der Waals surface area contributed by atoms with Crippen LogP contribution in [-0.2, 0) is 9.59 Å². The number of esters is 1. The highest BCUT2D eigenvalue weighted by molar-refractivity contribution is 8.15. The highest BCUT2D eigenvalue weighted by atomic mass is 32.2. The Morgan fingerprint density at radius 1 is 1.43 bits per heavy atom. The number of hydrogen-bond acceptors (Lipinski definition) is 6. The van der Waals surface area contributed by atoms with Crippen molar-refractivity contribution in [2.75, 3.05) is 5.75 Å². The molecule has 1 aromatic rings. The van der Waals surface area contributed by atoms with Crippen molar-refractivity contribution in [3.05, 3.63) is 29.8 Å². The SMILES string of the molecule is O=C1CSC(=NN=Cc2cccc(OC(=O)C3CC3)c2)N1. The van der Waals surface area contributed by atoms with Gasteiger partial charge in [0.15, 0.2) is 5.17 Å². The molecule has 1 N–H and O–H groups in total. The van der Waals surface area contributed by atoms with E-state index < -0.39 is 0 Å². The minimum atomic E-state index is -0.172. The molecule has 1 aliphatic carbocycles. The fourth-order valence-electron chi connectivity index (χ4n) is 1.70. The molecule has 0 aromatic heterocycles. The summed E-state index contributed by atoms with van der Waals surface area (Å²) in [4.78, 5) is 22.6. The second kappa shape index (κ2) is 6.09. The Labute approximate surface area is 125 Å². The molecule has 1 saturated heterocycles. The Kier molecular flexibility index (Phi) is 4.01. The first-order chi connectivity index (χ1) is 10.2. The van der Waals surface area contributed by atoms with Gasteiger partial charge in [0.2, 0.25) is 5.91 Å². The molecule has 0 unspecified atom stereocenters. The molecule has 0 atom stereocenters. The molecule has 6 nitrogen and oxygen atoms in total. The van der Waals surface area contributed by atoms with Crippen LogP contribution in [0.15, 0.2) is 34.5 Å². The van der Waals surface area contributed by atoms with Crippen molar-refractivity contribution in [1.29, 1.82) is 0 Å². The van der Waals surface area contributed by atoms with Crippen molar-refractivity contribution in [2.24, 2.45) is 16.1 Å². The number of amides is 1. The molecule has 2 aliphatic rings. The van der Waals surface area contributed by atoms with Crippen molar-refractivity contribution in [3.63, 3.8) is 0 Å². The van der Waals surface area contributed by atoms with E-state index >= 15 is 0 Å². The van der Waals surface area contributed by atoms with E-state index in [2.05, 4.69) is 15.5 Å². The monoisotopic (exact) mass is 303 g/mol. The fourth-order valence-corrected chi connectivity index (χ4v) is 2.33. The fraction of sp³-hybridized carbons (Fsp3) is 0.286. The lowest BCUT2D eigenvalue weighted by atomic mass is 10.2. The summed E-state index contributed by atoms with van der Waals surface area (Å²) >= 11 is 1.31. The Morgan fingerprint density at radius 3 is 3.00 bits per heavy atom. The first-order valence-corrected chi connectivity index (χ1v) is 7.55. The van der Waals surface area contributed by atoms with Crippen molar-refractivity contribution in [3.8, 4) is 5.75 Å². The number of amidine groups is 1. The number of hydrogen-bond donors (Lipinski definition) is 1. The van der Waals surface area contributed by atoms with Gasteiger partial charge in [-0.2, -0.15) is 5.10 Å². The summed E-state index contributed by atoms with van der Waals surface area (Å²) in [7, 11) is 0. The zero-order valence-electron chi connectivity index (χ0n) is 11.1.